The molecule has 2 nitrogen and oxygen atoms in total. The quantitative estimate of drug-likeness (QED) is 0.795. The van der Waals surface area contributed by atoms with Crippen molar-refractivity contribution in [1.82, 2.24) is 4.90 Å². The van der Waals surface area contributed by atoms with Crippen LogP contribution >= 0.6 is 0 Å². The number of hydrogen-bond donors (Lipinski definition) is 1. The first kappa shape index (κ1) is 12.8. The van der Waals surface area contributed by atoms with Crippen LogP contribution in [0.25, 0.3) is 0 Å². The van der Waals surface area contributed by atoms with Crippen LogP contribution in [0.3, 0.4) is 0 Å². The average Bonchev–Trinajstić information content (AvgIpc) is 2.14. The molecule has 1 aliphatic carbocycles. The molecule has 0 aromatic carbocycles. The number of nitrogens with zero attached hydrogens (tertiary/aromatic N) is 1. The summed E-state index contributed by atoms with van der Waals surface area (Å²) in [6.45, 7) is 1.12. The van der Waals surface area contributed by atoms with Gasteiger partial charge in [-0.25, -0.2) is 0 Å². The van der Waals surface area contributed by atoms with Crippen molar-refractivity contribution in [2.45, 2.75) is 50.9 Å². The van der Waals surface area contributed by atoms with Crippen molar-refractivity contribution in [3.8, 4) is 0 Å². The Morgan fingerprint density at radius 2 is 1.87 bits per heavy atom. The van der Waals surface area contributed by atoms with Crippen molar-refractivity contribution >= 4 is 0 Å². The topological polar surface area (TPSA) is 23.5 Å². The summed E-state index contributed by atoms with van der Waals surface area (Å²) in [6, 6.07) is -0.314. The van der Waals surface area contributed by atoms with Gasteiger partial charge in [0.1, 0.15) is 0 Å². The molecule has 1 saturated carbocycles. The van der Waals surface area contributed by atoms with Crippen molar-refractivity contribution in [3.05, 3.63) is 0 Å². The molecule has 0 amide bonds. The number of aliphatic hydroxyl groups excluding tert-OH is 1. The minimum Gasteiger partial charge on any atom is -0.391 e. The van der Waals surface area contributed by atoms with E-state index >= 15 is 0 Å². The summed E-state index contributed by atoms with van der Waals surface area (Å²) in [5.41, 5.74) is 0. The molecular formula is C10H18F3NO. The normalized spacial score (nSPS) is 28.4. The van der Waals surface area contributed by atoms with Gasteiger partial charge in [0.25, 0.3) is 0 Å². The van der Waals surface area contributed by atoms with E-state index in [1.165, 1.54) is 4.90 Å². The standard InChI is InChI=1S/C10H18F3NO/c1-2-14(7-10(11,12)13)8-5-3-4-6-9(8)15/h8-9,15H,2-7H2,1H3/t8-,9-/m1/s1. The second-order valence-electron chi connectivity index (χ2n) is 4.10. The molecule has 0 heterocycles. The molecule has 15 heavy (non-hydrogen) atoms. The first-order chi connectivity index (χ1) is 6.94. The van der Waals surface area contributed by atoms with E-state index < -0.39 is 18.8 Å². The monoisotopic (exact) mass is 225 g/mol. The van der Waals surface area contributed by atoms with Gasteiger partial charge in [-0.05, 0) is 19.4 Å². The zero-order valence-corrected chi connectivity index (χ0v) is 8.93. The van der Waals surface area contributed by atoms with Gasteiger partial charge in [0.2, 0.25) is 0 Å². The van der Waals surface area contributed by atoms with Crippen molar-refractivity contribution in [1.29, 1.82) is 0 Å². The molecule has 5 heteroatoms. The maximum atomic E-state index is 12.3. The highest BCUT2D eigenvalue weighted by Crippen LogP contribution is 2.26. The van der Waals surface area contributed by atoms with Crippen LogP contribution in [0.15, 0.2) is 0 Å². The summed E-state index contributed by atoms with van der Waals surface area (Å²) in [6.07, 6.45) is -1.64. The van der Waals surface area contributed by atoms with Gasteiger partial charge in [0.15, 0.2) is 0 Å². The molecule has 0 spiro atoms. The Morgan fingerprint density at radius 3 is 2.33 bits per heavy atom. The Balaban J connectivity index is 2.56. The Morgan fingerprint density at radius 1 is 1.27 bits per heavy atom. The molecule has 90 valence electrons. The van der Waals surface area contributed by atoms with E-state index in [1.54, 1.807) is 6.92 Å². The first-order valence-electron chi connectivity index (χ1n) is 5.43. The van der Waals surface area contributed by atoms with Crippen LogP contribution in [0, 0.1) is 0 Å². The Labute approximate surface area is 88.1 Å². The van der Waals surface area contributed by atoms with Crippen LogP contribution < -0.4 is 0 Å². The summed E-state index contributed by atoms with van der Waals surface area (Å²) in [5.74, 6) is 0. The molecular weight excluding hydrogens is 207 g/mol. The van der Waals surface area contributed by atoms with Gasteiger partial charge in [-0.15, -0.1) is 0 Å². The fourth-order valence-electron chi connectivity index (χ4n) is 2.21. The van der Waals surface area contributed by atoms with Crippen molar-refractivity contribution in [2.75, 3.05) is 13.1 Å². The fraction of sp³-hybridized carbons (Fsp3) is 1.00. The highest BCUT2D eigenvalue weighted by molar-refractivity contribution is 4.83. The third-order valence-electron chi connectivity index (χ3n) is 2.95. The summed E-state index contributed by atoms with van der Waals surface area (Å²) in [5, 5.41) is 9.66. The molecule has 1 fully saturated rings. The highest BCUT2D eigenvalue weighted by atomic mass is 19.4. The van der Waals surface area contributed by atoms with E-state index in [9.17, 15) is 18.3 Å². The van der Waals surface area contributed by atoms with Crippen LogP contribution in [-0.4, -0.2) is 41.4 Å². The second kappa shape index (κ2) is 5.16. The fourth-order valence-corrected chi connectivity index (χ4v) is 2.21. The van der Waals surface area contributed by atoms with Gasteiger partial charge >= 0.3 is 6.18 Å². The second-order valence-corrected chi connectivity index (χ2v) is 4.10. The highest BCUT2D eigenvalue weighted by Gasteiger charge is 2.36. The molecule has 2 atom stereocenters. The Hall–Kier alpha value is -0.290. The molecule has 0 aromatic rings. The van der Waals surface area contributed by atoms with E-state index in [0.29, 0.717) is 19.4 Å². The molecule has 0 saturated heterocycles. The molecule has 0 bridgehead atoms. The molecule has 0 aliphatic heterocycles. The van der Waals surface area contributed by atoms with E-state index in [2.05, 4.69) is 0 Å². The maximum absolute atomic E-state index is 12.3. The van der Waals surface area contributed by atoms with Gasteiger partial charge in [-0.1, -0.05) is 19.8 Å². The molecule has 1 aliphatic rings. The minimum absolute atomic E-state index is 0.314. The van der Waals surface area contributed by atoms with Crippen molar-refractivity contribution in [3.63, 3.8) is 0 Å². The van der Waals surface area contributed by atoms with E-state index in [1.807, 2.05) is 0 Å². The third-order valence-corrected chi connectivity index (χ3v) is 2.95. The lowest BCUT2D eigenvalue weighted by molar-refractivity contribution is -0.157. The lowest BCUT2D eigenvalue weighted by Gasteiger charge is -2.37. The average molecular weight is 225 g/mol. The summed E-state index contributed by atoms with van der Waals surface area (Å²) in [7, 11) is 0. The van der Waals surface area contributed by atoms with Gasteiger partial charge in [0, 0.05) is 6.04 Å². The van der Waals surface area contributed by atoms with E-state index in [4.69, 9.17) is 0 Å². The number of hydrogen-bond acceptors (Lipinski definition) is 2. The summed E-state index contributed by atoms with van der Waals surface area (Å²) in [4.78, 5) is 1.34. The largest absolute Gasteiger partial charge is 0.401 e. The van der Waals surface area contributed by atoms with Crippen molar-refractivity contribution < 1.29 is 18.3 Å². The number of halogens is 3. The number of rotatable bonds is 3. The van der Waals surface area contributed by atoms with Crippen molar-refractivity contribution in [2.24, 2.45) is 0 Å². The van der Waals surface area contributed by atoms with Crippen LogP contribution in [0.4, 0.5) is 13.2 Å². The molecule has 1 rings (SSSR count). The van der Waals surface area contributed by atoms with Crippen LogP contribution in [-0.2, 0) is 0 Å². The Kier molecular flexibility index (Phi) is 4.40. The predicted molar refractivity (Wildman–Crippen MR) is 51.6 cm³/mol. The van der Waals surface area contributed by atoms with E-state index in [0.717, 1.165) is 12.8 Å². The first-order valence-corrected chi connectivity index (χ1v) is 5.43. The van der Waals surface area contributed by atoms with Crippen LogP contribution in [0.2, 0.25) is 0 Å². The number of alkyl halides is 3. The van der Waals surface area contributed by atoms with Gasteiger partial charge < -0.3 is 5.11 Å². The van der Waals surface area contributed by atoms with Gasteiger partial charge in [-0.3, -0.25) is 4.90 Å². The van der Waals surface area contributed by atoms with Gasteiger partial charge in [0.05, 0.1) is 12.6 Å². The number of aliphatic hydroxyl groups is 1. The van der Waals surface area contributed by atoms with Crippen LogP contribution in [0.5, 0.6) is 0 Å². The zero-order valence-electron chi connectivity index (χ0n) is 8.93. The molecule has 0 unspecified atom stereocenters. The number of likely N-dealkylation sites (N-methyl/N-ethyl adjacent to an activating group) is 1. The summed E-state index contributed by atoms with van der Waals surface area (Å²) < 4.78 is 36.8. The predicted octanol–water partition coefficient (Wildman–Crippen LogP) is 2.17. The SMILES string of the molecule is CCN(CC(F)(F)F)[C@@H]1CCCC[C@H]1O. The minimum atomic E-state index is -4.17. The molecule has 0 aromatic heterocycles. The summed E-state index contributed by atoms with van der Waals surface area (Å²) >= 11 is 0. The van der Waals surface area contributed by atoms with Crippen LogP contribution in [0.1, 0.15) is 32.6 Å². The molecule has 0 radical (unpaired) electrons. The molecule has 1 N–H and O–H groups in total. The smallest absolute Gasteiger partial charge is 0.391 e. The maximum Gasteiger partial charge on any atom is 0.401 e. The Bertz CT molecular complexity index is 196. The zero-order chi connectivity index (χ0) is 11.5. The lowest BCUT2D eigenvalue weighted by Crippen LogP contribution is -2.48. The lowest BCUT2D eigenvalue weighted by atomic mass is 9.91. The van der Waals surface area contributed by atoms with Gasteiger partial charge in [-0.2, -0.15) is 13.2 Å². The third kappa shape index (κ3) is 3.99. The van der Waals surface area contributed by atoms with E-state index in [-0.39, 0.29) is 6.04 Å².